The van der Waals surface area contributed by atoms with Crippen LogP contribution in [-0.2, 0) is 4.74 Å². The van der Waals surface area contributed by atoms with Gasteiger partial charge in [0.1, 0.15) is 12.4 Å². The number of hydrogen-bond donors (Lipinski definition) is 1. The van der Waals surface area contributed by atoms with Crippen LogP contribution in [0, 0.1) is 0 Å². The van der Waals surface area contributed by atoms with Gasteiger partial charge in [0.2, 0.25) is 0 Å². The van der Waals surface area contributed by atoms with Gasteiger partial charge in [0, 0.05) is 28.1 Å². The molecule has 1 amide bonds. The van der Waals surface area contributed by atoms with E-state index < -0.39 is 0 Å². The molecule has 1 aliphatic heterocycles. The van der Waals surface area contributed by atoms with Gasteiger partial charge >= 0.3 is 0 Å². The van der Waals surface area contributed by atoms with Crippen LogP contribution in [0.25, 0.3) is 11.3 Å². The molecule has 2 heterocycles. The van der Waals surface area contributed by atoms with Crippen LogP contribution in [0.2, 0.25) is 5.02 Å². The van der Waals surface area contributed by atoms with Gasteiger partial charge in [0.15, 0.2) is 5.13 Å². The lowest BCUT2D eigenvalue weighted by Crippen LogP contribution is -2.16. The molecule has 4 rings (SSSR count). The Kier molecular flexibility index (Phi) is 5.90. The van der Waals surface area contributed by atoms with E-state index in [0.717, 1.165) is 30.7 Å². The number of anilines is 1. The summed E-state index contributed by atoms with van der Waals surface area (Å²) in [5.41, 5.74) is 2.09. The van der Waals surface area contributed by atoms with E-state index in [4.69, 9.17) is 21.1 Å². The van der Waals surface area contributed by atoms with Crippen LogP contribution in [0.3, 0.4) is 0 Å². The highest BCUT2D eigenvalue weighted by atomic mass is 35.5. The molecule has 1 aliphatic rings. The highest BCUT2D eigenvalue weighted by Crippen LogP contribution is 2.30. The summed E-state index contributed by atoms with van der Waals surface area (Å²) in [6, 6.07) is 14.6. The van der Waals surface area contributed by atoms with Gasteiger partial charge in [-0.2, -0.15) is 0 Å². The molecule has 1 saturated heterocycles. The van der Waals surface area contributed by atoms with Crippen LogP contribution in [0.1, 0.15) is 23.2 Å². The summed E-state index contributed by atoms with van der Waals surface area (Å²) >= 11 is 7.58. The monoisotopic (exact) mass is 414 g/mol. The number of carbonyl (C=O) groups is 1. The van der Waals surface area contributed by atoms with Crippen molar-refractivity contribution in [1.82, 2.24) is 4.98 Å². The summed E-state index contributed by atoms with van der Waals surface area (Å²) in [5, 5.41) is 5.86. The van der Waals surface area contributed by atoms with Crippen LogP contribution >= 0.6 is 22.9 Å². The van der Waals surface area contributed by atoms with E-state index in [-0.39, 0.29) is 12.0 Å². The molecule has 28 heavy (non-hydrogen) atoms. The first-order chi connectivity index (χ1) is 13.7. The smallest absolute Gasteiger partial charge is 0.257 e. The summed E-state index contributed by atoms with van der Waals surface area (Å²) in [4.78, 5) is 17.1. The number of nitrogens with zero attached hydrogens (tertiary/aromatic N) is 1. The molecular weight excluding hydrogens is 396 g/mol. The van der Waals surface area contributed by atoms with E-state index >= 15 is 0 Å². The van der Waals surface area contributed by atoms with Crippen molar-refractivity contribution in [1.29, 1.82) is 0 Å². The third kappa shape index (κ3) is 4.52. The fourth-order valence-electron chi connectivity index (χ4n) is 2.99. The second-order valence-corrected chi connectivity index (χ2v) is 7.71. The molecule has 7 heteroatoms. The first kappa shape index (κ1) is 18.9. The van der Waals surface area contributed by atoms with E-state index in [2.05, 4.69) is 10.3 Å². The van der Waals surface area contributed by atoms with E-state index in [9.17, 15) is 4.79 Å². The highest BCUT2D eigenvalue weighted by molar-refractivity contribution is 7.14. The molecule has 144 valence electrons. The number of thiazole rings is 1. The second kappa shape index (κ2) is 8.73. The van der Waals surface area contributed by atoms with Gasteiger partial charge in [-0.1, -0.05) is 35.9 Å². The molecule has 5 nitrogen and oxygen atoms in total. The van der Waals surface area contributed by atoms with Crippen molar-refractivity contribution >= 4 is 34.0 Å². The number of nitrogens with one attached hydrogen (secondary N) is 1. The predicted octanol–water partition coefficient (Wildman–Crippen LogP) is 5.27. The molecule has 2 aromatic carbocycles. The standard InChI is InChI=1S/C21H19ClN2O3S/c22-18-9-2-1-8-17(18)19-13-28-21(23-19)24-20(25)14-5-3-6-15(11-14)27-12-16-7-4-10-26-16/h1-3,5-6,8-9,11,13,16H,4,7,10,12H2,(H,23,24,25). The molecule has 1 aromatic heterocycles. The third-order valence-corrected chi connectivity index (χ3v) is 5.52. The van der Waals surface area contributed by atoms with Crippen LogP contribution in [0.4, 0.5) is 5.13 Å². The van der Waals surface area contributed by atoms with Crippen LogP contribution in [0.15, 0.2) is 53.9 Å². The molecule has 0 bridgehead atoms. The zero-order valence-corrected chi connectivity index (χ0v) is 16.6. The minimum absolute atomic E-state index is 0.135. The molecule has 1 fully saturated rings. The van der Waals surface area contributed by atoms with Crippen molar-refractivity contribution < 1.29 is 14.3 Å². The Bertz CT molecular complexity index is 970. The second-order valence-electron chi connectivity index (χ2n) is 6.45. The molecule has 0 spiro atoms. The number of aromatic nitrogens is 1. The van der Waals surface area contributed by atoms with Gasteiger partial charge in [-0.05, 0) is 37.1 Å². The highest BCUT2D eigenvalue weighted by Gasteiger charge is 2.17. The van der Waals surface area contributed by atoms with Crippen molar-refractivity contribution in [2.24, 2.45) is 0 Å². The molecule has 3 aromatic rings. The SMILES string of the molecule is O=C(Nc1nc(-c2ccccc2Cl)cs1)c1cccc(OCC2CCCO2)c1. The van der Waals surface area contributed by atoms with E-state index in [1.165, 1.54) is 11.3 Å². The zero-order chi connectivity index (χ0) is 19.3. The Morgan fingerprint density at radius 3 is 3.00 bits per heavy atom. The van der Waals surface area contributed by atoms with Gasteiger partial charge in [0.05, 0.1) is 11.8 Å². The lowest BCUT2D eigenvalue weighted by molar-refractivity contribution is 0.0679. The molecule has 0 saturated carbocycles. The fourth-order valence-corrected chi connectivity index (χ4v) is 3.92. The maximum atomic E-state index is 12.6. The number of carbonyl (C=O) groups excluding carboxylic acids is 1. The van der Waals surface area contributed by atoms with E-state index in [0.29, 0.717) is 28.1 Å². The van der Waals surface area contributed by atoms with Crippen LogP contribution in [-0.4, -0.2) is 30.2 Å². The molecule has 1 unspecified atom stereocenters. The van der Waals surface area contributed by atoms with Crippen molar-refractivity contribution in [3.05, 3.63) is 64.5 Å². The molecule has 0 aliphatic carbocycles. The summed E-state index contributed by atoms with van der Waals surface area (Å²) in [5.74, 6) is 0.418. The molecular formula is C21H19ClN2O3S. The normalized spacial score (nSPS) is 16.1. The first-order valence-electron chi connectivity index (χ1n) is 9.05. The zero-order valence-electron chi connectivity index (χ0n) is 15.1. The van der Waals surface area contributed by atoms with Crippen molar-refractivity contribution in [2.75, 3.05) is 18.5 Å². The quantitative estimate of drug-likeness (QED) is 0.596. The lowest BCUT2D eigenvalue weighted by atomic mass is 10.2. The lowest BCUT2D eigenvalue weighted by Gasteiger charge is -2.12. The maximum absolute atomic E-state index is 12.6. The summed E-state index contributed by atoms with van der Waals surface area (Å²) in [6.07, 6.45) is 2.22. The van der Waals surface area contributed by atoms with Gasteiger partial charge < -0.3 is 9.47 Å². The van der Waals surface area contributed by atoms with Gasteiger partial charge in [0.25, 0.3) is 5.91 Å². The Morgan fingerprint density at radius 2 is 2.18 bits per heavy atom. The average Bonchev–Trinajstić information content (AvgIpc) is 3.39. The number of halogens is 1. The minimum atomic E-state index is -0.234. The van der Waals surface area contributed by atoms with Gasteiger partial charge in [-0.3, -0.25) is 10.1 Å². The number of benzene rings is 2. The van der Waals surface area contributed by atoms with Crippen LogP contribution < -0.4 is 10.1 Å². The van der Waals surface area contributed by atoms with Crippen molar-refractivity contribution in [2.45, 2.75) is 18.9 Å². The molecule has 0 radical (unpaired) electrons. The Morgan fingerprint density at radius 1 is 1.29 bits per heavy atom. The van der Waals surface area contributed by atoms with Crippen LogP contribution in [0.5, 0.6) is 5.75 Å². The average molecular weight is 415 g/mol. The molecule has 1 N–H and O–H groups in total. The Hall–Kier alpha value is -2.41. The number of rotatable bonds is 6. The summed E-state index contributed by atoms with van der Waals surface area (Å²) in [6.45, 7) is 1.29. The fraction of sp³-hybridized carbons (Fsp3) is 0.238. The predicted molar refractivity (Wildman–Crippen MR) is 111 cm³/mol. The Labute approximate surface area is 172 Å². The number of hydrogen-bond acceptors (Lipinski definition) is 5. The Balaban J connectivity index is 1.41. The number of ether oxygens (including phenoxy) is 2. The van der Waals surface area contributed by atoms with Crippen molar-refractivity contribution in [3.8, 4) is 17.0 Å². The largest absolute Gasteiger partial charge is 0.491 e. The first-order valence-corrected chi connectivity index (χ1v) is 10.3. The molecule has 1 atom stereocenters. The van der Waals surface area contributed by atoms with E-state index in [1.54, 1.807) is 18.2 Å². The van der Waals surface area contributed by atoms with Gasteiger partial charge in [-0.15, -0.1) is 11.3 Å². The van der Waals surface area contributed by atoms with Gasteiger partial charge in [-0.25, -0.2) is 4.98 Å². The third-order valence-electron chi connectivity index (χ3n) is 4.43. The summed E-state index contributed by atoms with van der Waals surface area (Å²) < 4.78 is 11.3. The number of amides is 1. The topological polar surface area (TPSA) is 60.5 Å². The minimum Gasteiger partial charge on any atom is -0.491 e. The van der Waals surface area contributed by atoms with Crippen molar-refractivity contribution in [3.63, 3.8) is 0 Å². The van der Waals surface area contributed by atoms with E-state index in [1.807, 2.05) is 35.7 Å². The summed E-state index contributed by atoms with van der Waals surface area (Å²) in [7, 11) is 0. The maximum Gasteiger partial charge on any atom is 0.257 e.